The zero-order chi connectivity index (χ0) is 13.2. The van der Waals surface area contributed by atoms with Gasteiger partial charge in [-0.25, -0.2) is 23.5 Å². The van der Waals surface area contributed by atoms with E-state index in [-0.39, 0.29) is 12.3 Å². The molecule has 96 valence electrons. The molecule has 0 aliphatic rings. The Morgan fingerprint density at radius 1 is 1.22 bits per heavy atom. The van der Waals surface area contributed by atoms with Crippen molar-refractivity contribution in [2.45, 2.75) is 6.92 Å². The second-order valence-corrected chi connectivity index (χ2v) is 5.67. The third-order valence-corrected chi connectivity index (χ3v) is 3.20. The SMILES string of the molecule is Cc1nc2ccccc2nc1NCCS(N)(=O)=O. The maximum absolute atomic E-state index is 10.8. The van der Waals surface area contributed by atoms with E-state index in [1.165, 1.54) is 0 Å². The first-order valence-corrected chi connectivity index (χ1v) is 7.15. The zero-order valence-electron chi connectivity index (χ0n) is 9.92. The van der Waals surface area contributed by atoms with Gasteiger partial charge in [-0.15, -0.1) is 0 Å². The summed E-state index contributed by atoms with van der Waals surface area (Å²) in [6.45, 7) is 2.03. The standard InChI is InChI=1S/C11H14N4O2S/c1-8-11(13-6-7-18(12,16)17)15-10-5-3-2-4-9(10)14-8/h2-5H,6-7H2,1H3,(H,13,15)(H2,12,16,17). The number of nitrogens with one attached hydrogen (secondary N) is 1. The molecule has 0 saturated carbocycles. The van der Waals surface area contributed by atoms with E-state index in [9.17, 15) is 8.42 Å². The molecule has 0 spiro atoms. The van der Waals surface area contributed by atoms with E-state index in [1.54, 1.807) is 0 Å². The molecule has 0 saturated heterocycles. The van der Waals surface area contributed by atoms with E-state index >= 15 is 0 Å². The number of aromatic nitrogens is 2. The summed E-state index contributed by atoms with van der Waals surface area (Å²) in [7, 11) is -3.46. The lowest BCUT2D eigenvalue weighted by Crippen LogP contribution is -2.23. The van der Waals surface area contributed by atoms with Crippen molar-refractivity contribution in [3.8, 4) is 0 Å². The first-order valence-electron chi connectivity index (χ1n) is 5.43. The fraction of sp³-hybridized carbons (Fsp3) is 0.273. The Balaban J connectivity index is 2.20. The van der Waals surface area contributed by atoms with Gasteiger partial charge in [-0.3, -0.25) is 0 Å². The van der Waals surface area contributed by atoms with Crippen molar-refractivity contribution in [3.63, 3.8) is 0 Å². The number of para-hydroxylation sites is 2. The highest BCUT2D eigenvalue weighted by Crippen LogP contribution is 2.15. The van der Waals surface area contributed by atoms with Gasteiger partial charge in [0.2, 0.25) is 10.0 Å². The van der Waals surface area contributed by atoms with Crippen LogP contribution >= 0.6 is 0 Å². The van der Waals surface area contributed by atoms with E-state index in [1.807, 2.05) is 31.2 Å². The van der Waals surface area contributed by atoms with Crippen LogP contribution in [0.2, 0.25) is 0 Å². The van der Waals surface area contributed by atoms with Gasteiger partial charge in [0.1, 0.15) is 5.82 Å². The molecule has 2 rings (SSSR count). The van der Waals surface area contributed by atoms with Crippen LogP contribution in [0, 0.1) is 6.92 Å². The lowest BCUT2D eigenvalue weighted by molar-refractivity contribution is 0.598. The summed E-state index contributed by atoms with van der Waals surface area (Å²) < 4.78 is 21.6. The molecule has 0 unspecified atom stereocenters. The minimum atomic E-state index is -3.46. The van der Waals surface area contributed by atoms with Crippen molar-refractivity contribution in [2.24, 2.45) is 5.14 Å². The Kier molecular flexibility index (Phi) is 3.44. The summed E-state index contributed by atoms with van der Waals surface area (Å²) in [4.78, 5) is 8.77. The summed E-state index contributed by atoms with van der Waals surface area (Å²) in [6.07, 6.45) is 0. The van der Waals surface area contributed by atoms with Gasteiger partial charge < -0.3 is 5.32 Å². The van der Waals surface area contributed by atoms with Crippen molar-refractivity contribution in [1.82, 2.24) is 9.97 Å². The van der Waals surface area contributed by atoms with Crippen LogP contribution in [0.3, 0.4) is 0 Å². The van der Waals surface area contributed by atoms with Crippen LogP contribution in [0.4, 0.5) is 5.82 Å². The summed E-state index contributed by atoms with van der Waals surface area (Å²) >= 11 is 0. The number of aryl methyl sites for hydroxylation is 1. The molecule has 3 N–H and O–H groups in total. The molecule has 0 amide bonds. The zero-order valence-corrected chi connectivity index (χ0v) is 10.7. The third-order valence-electron chi connectivity index (χ3n) is 2.42. The summed E-state index contributed by atoms with van der Waals surface area (Å²) in [5.41, 5.74) is 2.30. The van der Waals surface area contributed by atoms with E-state index in [0.29, 0.717) is 5.82 Å². The highest BCUT2D eigenvalue weighted by Gasteiger charge is 2.06. The molecule has 1 aromatic heterocycles. The van der Waals surface area contributed by atoms with Crippen LogP contribution in [0.15, 0.2) is 24.3 Å². The Bertz CT molecular complexity index is 670. The fourth-order valence-electron chi connectivity index (χ4n) is 1.57. The number of rotatable bonds is 4. The largest absolute Gasteiger partial charge is 0.367 e. The number of hydrogen-bond donors (Lipinski definition) is 2. The molecule has 0 atom stereocenters. The highest BCUT2D eigenvalue weighted by atomic mass is 32.2. The van der Waals surface area contributed by atoms with E-state index in [4.69, 9.17) is 5.14 Å². The minimum absolute atomic E-state index is 0.138. The number of primary sulfonamides is 1. The second kappa shape index (κ2) is 4.87. The van der Waals surface area contributed by atoms with Crippen molar-refractivity contribution >= 4 is 26.9 Å². The van der Waals surface area contributed by atoms with Gasteiger partial charge in [0.25, 0.3) is 0 Å². The van der Waals surface area contributed by atoms with Gasteiger partial charge in [0.05, 0.1) is 22.5 Å². The number of nitrogens with two attached hydrogens (primary N) is 1. The Morgan fingerprint density at radius 3 is 2.44 bits per heavy atom. The van der Waals surface area contributed by atoms with Gasteiger partial charge in [-0.1, -0.05) is 12.1 Å². The first-order chi connectivity index (χ1) is 8.46. The van der Waals surface area contributed by atoms with E-state index in [2.05, 4.69) is 15.3 Å². The minimum Gasteiger partial charge on any atom is -0.367 e. The predicted molar refractivity (Wildman–Crippen MR) is 70.7 cm³/mol. The van der Waals surface area contributed by atoms with E-state index < -0.39 is 10.0 Å². The molecular weight excluding hydrogens is 252 g/mol. The van der Waals surface area contributed by atoms with Gasteiger partial charge in [0.15, 0.2) is 0 Å². The summed E-state index contributed by atoms with van der Waals surface area (Å²) in [6, 6.07) is 7.50. The third kappa shape index (κ3) is 3.14. The van der Waals surface area contributed by atoms with Gasteiger partial charge >= 0.3 is 0 Å². The van der Waals surface area contributed by atoms with Gasteiger partial charge in [-0.2, -0.15) is 0 Å². The Morgan fingerprint density at radius 2 is 1.83 bits per heavy atom. The van der Waals surface area contributed by atoms with Crippen LogP contribution in [-0.2, 0) is 10.0 Å². The smallest absolute Gasteiger partial charge is 0.210 e. The molecule has 18 heavy (non-hydrogen) atoms. The quantitative estimate of drug-likeness (QED) is 0.846. The summed E-state index contributed by atoms with van der Waals surface area (Å²) in [5, 5.41) is 7.85. The normalized spacial score (nSPS) is 11.7. The topological polar surface area (TPSA) is 98.0 Å². The maximum atomic E-state index is 10.8. The fourth-order valence-corrected chi connectivity index (χ4v) is 1.95. The monoisotopic (exact) mass is 266 g/mol. The van der Waals surface area contributed by atoms with Crippen molar-refractivity contribution < 1.29 is 8.42 Å². The predicted octanol–water partition coefficient (Wildman–Crippen LogP) is 0.639. The van der Waals surface area contributed by atoms with Crippen LogP contribution in [0.25, 0.3) is 11.0 Å². The first kappa shape index (κ1) is 12.7. The van der Waals surface area contributed by atoms with Crippen LogP contribution < -0.4 is 10.5 Å². The molecule has 7 heteroatoms. The average molecular weight is 266 g/mol. The molecule has 0 aliphatic carbocycles. The average Bonchev–Trinajstić information content (AvgIpc) is 2.28. The molecule has 0 fully saturated rings. The number of benzene rings is 1. The summed E-state index contributed by atoms with van der Waals surface area (Å²) in [5.74, 6) is 0.443. The van der Waals surface area contributed by atoms with Crippen molar-refractivity contribution in [2.75, 3.05) is 17.6 Å². The molecule has 6 nitrogen and oxygen atoms in total. The Hall–Kier alpha value is -1.73. The van der Waals surface area contributed by atoms with Crippen LogP contribution in [-0.4, -0.2) is 30.7 Å². The van der Waals surface area contributed by atoms with Gasteiger partial charge in [0, 0.05) is 6.54 Å². The number of hydrogen-bond acceptors (Lipinski definition) is 5. The van der Waals surface area contributed by atoms with Crippen LogP contribution in [0.5, 0.6) is 0 Å². The van der Waals surface area contributed by atoms with Gasteiger partial charge in [-0.05, 0) is 19.1 Å². The molecule has 1 aromatic carbocycles. The number of sulfonamides is 1. The molecule has 0 radical (unpaired) electrons. The molecule has 0 aliphatic heterocycles. The number of fused-ring (bicyclic) bond motifs is 1. The Labute approximate surface area is 105 Å². The van der Waals surface area contributed by atoms with E-state index in [0.717, 1.165) is 16.7 Å². The molecule has 1 heterocycles. The lowest BCUT2D eigenvalue weighted by Gasteiger charge is -2.08. The van der Waals surface area contributed by atoms with Crippen molar-refractivity contribution in [1.29, 1.82) is 0 Å². The highest BCUT2D eigenvalue weighted by molar-refractivity contribution is 7.89. The number of anilines is 1. The maximum Gasteiger partial charge on any atom is 0.210 e. The van der Waals surface area contributed by atoms with Crippen molar-refractivity contribution in [3.05, 3.63) is 30.0 Å². The lowest BCUT2D eigenvalue weighted by atomic mass is 10.3. The molecular formula is C11H14N4O2S. The molecule has 2 aromatic rings. The van der Waals surface area contributed by atoms with Crippen LogP contribution in [0.1, 0.15) is 5.69 Å². The number of nitrogens with zero attached hydrogens (tertiary/aromatic N) is 2. The molecule has 0 bridgehead atoms. The second-order valence-electron chi connectivity index (χ2n) is 3.94.